The topological polar surface area (TPSA) is 95.7 Å². The highest BCUT2D eigenvalue weighted by Crippen LogP contribution is 2.20. The van der Waals surface area contributed by atoms with Gasteiger partial charge in [0.05, 0.1) is 24.6 Å². The molecule has 3 N–H and O–H groups in total. The van der Waals surface area contributed by atoms with E-state index in [1.807, 2.05) is 0 Å². The molecule has 1 aromatic rings. The first-order chi connectivity index (χ1) is 10.2. The Morgan fingerprint density at radius 2 is 2.33 bits per heavy atom. The summed E-state index contributed by atoms with van der Waals surface area (Å²) in [6, 6.07) is 3.44. The molecule has 0 radical (unpaired) electrons. The fourth-order valence-corrected chi connectivity index (χ4v) is 2.06. The number of methoxy groups -OCH3 is 1. The zero-order chi connectivity index (χ0) is 15.1. The molecule has 0 spiro atoms. The number of nitrogens with zero attached hydrogens (tertiary/aromatic N) is 1. The van der Waals surface area contributed by atoms with Gasteiger partial charge in [-0.2, -0.15) is 0 Å². The molecule has 0 bridgehead atoms. The van der Waals surface area contributed by atoms with E-state index in [-0.39, 0.29) is 12.0 Å². The van der Waals surface area contributed by atoms with Crippen LogP contribution in [-0.2, 0) is 14.3 Å². The molecule has 21 heavy (non-hydrogen) atoms. The van der Waals surface area contributed by atoms with E-state index in [4.69, 9.17) is 19.9 Å². The van der Waals surface area contributed by atoms with Crippen molar-refractivity contribution in [3.05, 3.63) is 18.3 Å². The predicted octanol–water partition coefficient (Wildman–Crippen LogP) is 0.552. The fourth-order valence-electron chi connectivity index (χ4n) is 2.06. The molecule has 7 nitrogen and oxygen atoms in total. The van der Waals surface area contributed by atoms with E-state index in [0.717, 1.165) is 6.42 Å². The Balaban J connectivity index is 1.81. The molecule has 0 aromatic carbocycles. The minimum absolute atomic E-state index is 0.0181. The first-order valence-corrected chi connectivity index (χ1v) is 6.97. The van der Waals surface area contributed by atoms with Crippen LogP contribution in [0.25, 0.3) is 0 Å². The molecule has 116 valence electrons. The molecule has 0 saturated carbocycles. The van der Waals surface area contributed by atoms with E-state index in [2.05, 4.69) is 10.3 Å². The molecule has 1 aliphatic heterocycles. The Labute approximate surface area is 123 Å². The summed E-state index contributed by atoms with van der Waals surface area (Å²) >= 11 is 0. The number of amides is 1. The maximum Gasteiger partial charge on any atom is 0.253 e. The molecule has 1 aliphatic rings. The Kier molecular flexibility index (Phi) is 5.91. The van der Waals surface area contributed by atoms with E-state index in [1.54, 1.807) is 25.4 Å². The summed E-state index contributed by atoms with van der Waals surface area (Å²) in [6.45, 7) is 1.38. The van der Waals surface area contributed by atoms with E-state index in [0.29, 0.717) is 37.7 Å². The molecule has 1 saturated heterocycles. The highest BCUT2D eigenvalue weighted by atomic mass is 16.5. The van der Waals surface area contributed by atoms with Gasteiger partial charge < -0.3 is 25.3 Å². The van der Waals surface area contributed by atoms with Crippen LogP contribution in [0.15, 0.2) is 18.3 Å². The van der Waals surface area contributed by atoms with Crippen molar-refractivity contribution in [2.45, 2.75) is 25.0 Å². The number of nitrogens with one attached hydrogen (secondary N) is 1. The third-order valence-corrected chi connectivity index (χ3v) is 3.20. The Morgan fingerprint density at radius 1 is 1.48 bits per heavy atom. The number of nitrogens with two attached hydrogens (primary N) is 1. The molecule has 0 aliphatic carbocycles. The number of hydrogen-bond acceptors (Lipinski definition) is 6. The van der Waals surface area contributed by atoms with Gasteiger partial charge in [0, 0.05) is 19.7 Å². The number of carbonyl (C=O) groups excluding carboxylic acids is 1. The Morgan fingerprint density at radius 3 is 2.95 bits per heavy atom. The minimum Gasteiger partial charge on any atom is -0.475 e. The van der Waals surface area contributed by atoms with Gasteiger partial charge in [-0.1, -0.05) is 0 Å². The molecule has 1 aromatic heterocycles. The van der Waals surface area contributed by atoms with Crippen LogP contribution in [0, 0.1) is 0 Å². The summed E-state index contributed by atoms with van der Waals surface area (Å²) in [5, 5.41) is 2.78. The third kappa shape index (κ3) is 4.66. The quantitative estimate of drug-likeness (QED) is 0.713. The lowest BCUT2D eigenvalue weighted by molar-refractivity contribution is -0.126. The predicted molar refractivity (Wildman–Crippen MR) is 77.2 cm³/mol. The molecular weight excluding hydrogens is 274 g/mol. The summed E-state index contributed by atoms with van der Waals surface area (Å²) < 4.78 is 15.8. The van der Waals surface area contributed by atoms with Crippen LogP contribution in [-0.4, -0.2) is 50.0 Å². The summed E-state index contributed by atoms with van der Waals surface area (Å²) in [7, 11) is 1.61. The van der Waals surface area contributed by atoms with Crippen LogP contribution < -0.4 is 15.8 Å². The Bertz CT molecular complexity index is 452. The molecule has 2 atom stereocenters. The number of hydrogen-bond donors (Lipinski definition) is 2. The van der Waals surface area contributed by atoms with Crippen LogP contribution in [0.1, 0.15) is 12.8 Å². The first kappa shape index (κ1) is 15.7. The van der Waals surface area contributed by atoms with Crippen LogP contribution in [0.2, 0.25) is 0 Å². The Hall–Kier alpha value is -1.70. The number of pyridine rings is 1. The van der Waals surface area contributed by atoms with E-state index < -0.39 is 6.10 Å². The van der Waals surface area contributed by atoms with Crippen molar-refractivity contribution >= 4 is 11.6 Å². The van der Waals surface area contributed by atoms with Crippen LogP contribution in [0.3, 0.4) is 0 Å². The molecule has 2 unspecified atom stereocenters. The van der Waals surface area contributed by atoms with Gasteiger partial charge in [0.15, 0.2) is 0 Å². The number of anilines is 1. The van der Waals surface area contributed by atoms with E-state index >= 15 is 0 Å². The van der Waals surface area contributed by atoms with Crippen molar-refractivity contribution in [2.75, 3.05) is 32.2 Å². The standard InChI is InChI=1S/C14H21N3O4/c1-19-6-7-20-13-5-2-10(9-16-13)17-14(18)12-4-3-11(8-15)21-12/h2,5,9,11-12H,3-4,6-8,15H2,1H3,(H,17,18). The van der Waals surface area contributed by atoms with Gasteiger partial charge in [-0.3, -0.25) is 4.79 Å². The van der Waals surface area contributed by atoms with Gasteiger partial charge >= 0.3 is 0 Å². The molecule has 7 heteroatoms. The SMILES string of the molecule is COCCOc1ccc(NC(=O)C2CCC(CN)O2)cn1. The highest BCUT2D eigenvalue weighted by molar-refractivity contribution is 5.94. The average molecular weight is 295 g/mol. The second kappa shape index (κ2) is 7.92. The third-order valence-electron chi connectivity index (χ3n) is 3.20. The van der Waals surface area contributed by atoms with Gasteiger partial charge in [0.2, 0.25) is 5.88 Å². The van der Waals surface area contributed by atoms with Crippen molar-refractivity contribution in [3.8, 4) is 5.88 Å². The molecule has 2 heterocycles. The monoisotopic (exact) mass is 295 g/mol. The van der Waals surface area contributed by atoms with Gasteiger partial charge in [0.25, 0.3) is 5.91 Å². The summed E-state index contributed by atoms with van der Waals surface area (Å²) in [5.74, 6) is 0.325. The molecular formula is C14H21N3O4. The van der Waals surface area contributed by atoms with Gasteiger partial charge in [0.1, 0.15) is 12.7 Å². The van der Waals surface area contributed by atoms with Crippen molar-refractivity contribution in [3.63, 3.8) is 0 Å². The van der Waals surface area contributed by atoms with Gasteiger partial charge in [-0.25, -0.2) is 4.98 Å². The molecule has 1 amide bonds. The fraction of sp³-hybridized carbons (Fsp3) is 0.571. The van der Waals surface area contributed by atoms with Gasteiger partial charge in [-0.15, -0.1) is 0 Å². The van der Waals surface area contributed by atoms with E-state index in [9.17, 15) is 4.79 Å². The number of carbonyl (C=O) groups is 1. The summed E-state index contributed by atoms with van der Waals surface area (Å²) in [4.78, 5) is 16.1. The molecule has 2 rings (SSSR count). The van der Waals surface area contributed by atoms with Crippen molar-refractivity contribution in [2.24, 2.45) is 5.73 Å². The second-order valence-corrected chi connectivity index (χ2v) is 4.78. The zero-order valence-corrected chi connectivity index (χ0v) is 12.1. The van der Waals surface area contributed by atoms with E-state index in [1.165, 1.54) is 0 Å². The van der Waals surface area contributed by atoms with Crippen LogP contribution >= 0.6 is 0 Å². The van der Waals surface area contributed by atoms with Crippen molar-refractivity contribution in [1.29, 1.82) is 0 Å². The number of ether oxygens (including phenoxy) is 3. The zero-order valence-electron chi connectivity index (χ0n) is 12.1. The molecule has 1 fully saturated rings. The highest BCUT2D eigenvalue weighted by Gasteiger charge is 2.29. The van der Waals surface area contributed by atoms with Crippen LogP contribution in [0.5, 0.6) is 5.88 Å². The largest absolute Gasteiger partial charge is 0.475 e. The maximum absolute atomic E-state index is 12.0. The van der Waals surface area contributed by atoms with Gasteiger partial charge in [-0.05, 0) is 18.9 Å². The summed E-state index contributed by atoms with van der Waals surface area (Å²) in [5.41, 5.74) is 6.14. The lowest BCUT2D eigenvalue weighted by Gasteiger charge is -2.12. The lowest BCUT2D eigenvalue weighted by atomic mass is 10.2. The number of aromatic nitrogens is 1. The first-order valence-electron chi connectivity index (χ1n) is 6.97. The normalized spacial score (nSPS) is 21.2. The minimum atomic E-state index is -0.434. The second-order valence-electron chi connectivity index (χ2n) is 4.78. The summed E-state index contributed by atoms with van der Waals surface area (Å²) in [6.07, 6.45) is 2.61. The van der Waals surface area contributed by atoms with Crippen LogP contribution in [0.4, 0.5) is 5.69 Å². The smallest absolute Gasteiger partial charge is 0.253 e. The lowest BCUT2D eigenvalue weighted by Crippen LogP contribution is -2.29. The van der Waals surface area contributed by atoms with Crippen molar-refractivity contribution in [1.82, 2.24) is 4.98 Å². The maximum atomic E-state index is 12.0. The van der Waals surface area contributed by atoms with Crippen molar-refractivity contribution < 1.29 is 19.0 Å². The number of rotatable bonds is 7. The average Bonchev–Trinajstić information content (AvgIpc) is 2.98.